The number of piperidine rings is 1. The van der Waals surface area contributed by atoms with Crippen molar-refractivity contribution >= 4 is 11.6 Å². The van der Waals surface area contributed by atoms with Gasteiger partial charge in [0.2, 0.25) is 5.91 Å². The highest BCUT2D eigenvalue weighted by Gasteiger charge is 2.43. The van der Waals surface area contributed by atoms with E-state index in [9.17, 15) is 4.79 Å². The lowest BCUT2D eigenvalue weighted by Gasteiger charge is -2.49. The molecule has 1 spiro atoms. The SMILES string of the molecule is COc1ccc(N2CCCC3(CN(C(=O)C4CC(C)NN4)CCO3)C2)cc1. The first kappa shape index (κ1) is 18.5. The Labute approximate surface area is 161 Å². The van der Waals surface area contributed by atoms with Crippen LogP contribution >= 0.6 is 0 Å². The highest BCUT2D eigenvalue weighted by atomic mass is 16.5. The van der Waals surface area contributed by atoms with Gasteiger partial charge in [-0.1, -0.05) is 0 Å². The largest absolute Gasteiger partial charge is 0.497 e. The van der Waals surface area contributed by atoms with Crippen LogP contribution in [0.5, 0.6) is 5.75 Å². The zero-order chi connectivity index (χ0) is 18.9. The van der Waals surface area contributed by atoms with Crippen LogP contribution in [0.3, 0.4) is 0 Å². The second-order valence-electron chi connectivity index (χ2n) is 7.99. The second kappa shape index (κ2) is 7.66. The number of benzene rings is 1. The molecule has 7 nitrogen and oxygen atoms in total. The molecule has 148 valence electrons. The van der Waals surface area contributed by atoms with E-state index >= 15 is 0 Å². The van der Waals surface area contributed by atoms with Crippen molar-refractivity contribution in [1.29, 1.82) is 0 Å². The zero-order valence-electron chi connectivity index (χ0n) is 16.2. The van der Waals surface area contributed by atoms with Gasteiger partial charge in [-0.15, -0.1) is 0 Å². The van der Waals surface area contributed by atoms with Crippen molar-refractivity contribution < 1.29 is 14.3 Å². The smallest absolute Gasteiger partial charge is 0.241 e. The van der Waals surface area contributed by atoms with Crippen LogP contribution in [0, 0.1) is 0 Å². The summed E-state index contributed by atoms with van der Waals surface area (Å²) >= 11 is 0. The summed E-state index contributed by atoms with van der Waals surface area (Å²) in [6, 6.07) is 8.38. The van der Waals surface area contributed by atoms with E-state index in [1.807, 2.05) is 17.0 Å². The van der Waals surface area contributed by atoms with Crippen molar-refractivity contribution in [3.8, 4) is 5.75 Å². The quantitative estimate of drug-likeness (QED) is 0.827. The van der Waals surface area contributed by atoms with Gasteiger partial charge < -0.3 is 19.3 Å². The van der Waals surface area contributed by atoms with E-state index in [2.05, 4.69) is 34.8 Å². The van der Waals surface area contributed by atoms with Gasteiger partial charge in [-0.25, -0.2) is 5.43 Å². The third kappa shape index (κ3) is 3.90. The molecular weight excluding hydrogens is 344 g/mol. The number of nitrogens with one attached hydrogen (secondary N) is 2. The molecule has 3 unspecified atom stereocenters. The third-order valence-corrected chi connectivity index (χ3v) is 5.93. The first-order chi connectivity index (χ1) is 13.1. The van der Waals surface area contributed by atoms with Crippen molar-refractivity contribution in [2.75, 3.05) is 44.8 Å². The highest BCUT2D eigenvalue weighted by Crippen LogP contribution is 2.32. The summed E-state index contributed by atoms with van der Waals surface area (Å²) in [6.07, 6.45) is 2.89. The molecule has 1 amide bonds. The molecule has 1 aromatic rings. The fraction of sp³-hybridized carbons (Fsp3) is 0.650. The molecule has 0 radical (unpaired) electrons. The van der Waals surface area contributed by atoms with Crippen LogP contribution in [0.4, 0.5) is 5.69 Å². The fourth-order valence-corrected chi connectivity index (χ4v) is 4.49. The van der Waals surface area contributed by atoms with Crippen LogP contribution in [-0.4, -0.2) is 68.4 Å². The number of amides is 1. The molecule has 0 bridgehead atoms. The number of carbonyl (C=O) groups excluding carboxylic acids is 1. The number of rotatable bonds is 3. The van der Waals surface area contributed by atoms with Gasteiger partial charge >= 0.3 is 0 Å². The summed E-state index contributed by atoms with van der Waals surface area (Å²) in [5, 5.41) is 0. The van der Waals surface area contributed by atoms with Crippen LogP contribution < -0.4 is 20.5 Å². The van der Waals surface area contributed by atoms with Gasteiger partial charge in [0.25, 0.3) is 0 Å². The maximum absolute atomic E-state index is 12.9. The van der Waals surface area contributed by atoms with E-state index in [0.29, 0.717) is 25.7 Å². The summed E-state index contributed by atoms with van der Waals surface area (Å²) in [4.78, 5) is 17.3. The predicted molar refractivity (Wildman–Crippen MR) is 104 cm³/mol. The molecule has 3 aliphatic heterocycles. The maximum atomic E-state index is 12.9. The molecule has 3 fully saturated rings. The lowest BCUT2D eigenvalue weighted by molar-refractivity contribution is -0.153. The average molecular weight is 374 g/mol. The number of hydrogen-bond donors (Lipinski definition) is 2. The van der Waals surface area contributed by atoms with Gasteiger partial charge in [0.15, 0.2) is 0 Å². The van der Waals surface area contributed by atoms with E-state index in [-0.39, 0.29) is 17.6 Å². The molecule has 1 aromatic carbocycles. The minimum Gasteiger partial charge on any atom is -0.497 e. The molecule has 27 heavy (non-hydrogen) atoms. The van der Waals surface area contributed by atoms with Crippen molar-refractivity contribution in [2.24, 2.45) is 0 Å². The lowest BCUT2D eigenvalue weighted by atomic mass is 9.90. The number of nitrogens with zero attached hydrogens (tertiary/aromatic N) is 2. The second-order valence-corrected chi connectivity index (χ2v) is 7.99. The molecule has 3 atom stereocenters. The first-order valence-corrected chi connectivity index (χ1v) is 9.91. The Kier molecular flexibility index (Phi) is 5.25. The van der Waals surface area contributed by atoms with Crippen molar-refractivity contribution in [1.82, 2.24) is 15.8 Å². The topological polar surface area (TPSA) is 66.1 Å². The van der Waals surface area contributed by atoms with Gasteiger partial charge in [-0.05, 0) is 50.5 Å². The van der Waals surface area contributed by atoms with Crippen LogP contribution in [0.2, 0.25) is 0 Å². The Hall–Kier alpha value is -1.83. The first-order valence-electron chi connectivity index (χ1n) is 9.91. The normalized spacial score (nSPS) is 31.3. The fourth-order valence-electron chi connectivity index (χ4n) is 4.49. The molecule has 3 aliphatic rings. The molecule has 7 heteroatoms. The zero-order valence-corrected chi connectivity index (χ0v) is 16.2. The molecule has 4 rings (SSSR count). The monoisotopic (exact) mass is 374 g/mol. The predicted octanol–water partition coefficient (Wildman–Crippen LogP) is 1.15. The number of hydrazine groups is 1. The molecule has 2 N–H and O–H groups in total. The molecule has 3 heterocycles. The third-order valence-electron chi connectivity index (χ3n) is 5.93. The maximum Gasteiger partial charge on any atom is 0.241 e. The van der Waals surface area contributed by atoms with E-state index < -0.39 is 0 Å². The Morgan fingerprint density at radius 3 is 2.74 bits per heavy atom. The van der Waals surface area contributed by atoms with E-state index in [0.717, 1.165) is 38.1 Å². The molecular formula is C20H30N4O3. The van der Waals surface area contributed by atoms with Gasteiger partial charge in [0, 0.05) is 31.4 Å². The van der Waals surface area contributed by atoms with E-state index in [1.165, 1.54) is 5.69 Å². The van der Waals surface area contributed by atoms with Crippen molar-refractivity contribution in [3.63, 3.8) is 0 Å². The van der Waals surface area contributed by atoms with Crippen LogP contribution in [0.25, 0.3) is 0 Å². The minimum absolute atomic E-state index is 0.128. The van der Waals surface area contributed by atoms with Crippen molar-refractivity contribution in [3.05, 3.63) is 24.3 Å². The summed E-state index contributed by atoms with van der Waals surface area (Å²) < 4.78 is 11.5. The number of anilines is 1. The van der Waals surface area contributed by atoms with E-state index in [4.69, 9.17) is 9.47 Å². The highest BCUT2D eigenvalue weighted by molar-refractivity contribution is 5.82. The molecule has 0 aliphatic carbocycles. The van der Waals surface area contributed by atoms with Gasteiger partial charge in [-0.2, -0.15) is 0 Å². The standard InChI is InChI=1S/C20H30N4O3/c1-15-12-18(22-21-15)19(25)24-10-11-27-20(14-24)8-3-9-23(13-20)16-4-6-17(26-2)7-5-16/h4-7,15,18,21-22H,3,8-14H2,1-2H3. The Morgan fingerprint density at radius 2 is 2.04 bits per heavy atom. The number of hydrogen-bond acceptors (Lipinski definition) is 6. The number of ether oxygens (including phenoxy) is 2. The minimum atomic E-state index is -0.274. The Balaban J connectivity index is 1.44. The molecule has 3 saturated heterocycles. The van der Waals surface area contributed by atoms with Gasteiger partial charge in [0.05, 0.1) is 20.3 Å². The summed E-state index contributed by atoms with van der Waals surface area (Å²) in [6.45, 7) is 5.88. The summed E-state index contributed by atoms with van der Waals surface area (Å²) in [5.74, 6) is 1.05. The number of carbonyl (C=O) groups is 1. The van der Waals surface area contributed by atoms with Gasteiger partial charge in [0.1, 0.15) is 17.4 Å². The van der Waals surface area contributed by atoms with Crippen LogP contribution in [0.15, 0.2) is 24.3 Å². The average Bonchev–Trinajstić information content (AvgIpc) is 3.14. The number of methoxy groups -OCH3 is 1. The lowest BCUT2D eigenvalue weighted by Crippen LogP contribution is -2.62. The van der Waals surface area contributed by atoms with Gasteiger partial charge in [-0.3, -0.25) is 10.2 Å². The van der Waals surface area contributed by atoms with Crippen LogP contribution in [0.1, 0.15) is 26.2 Å². The molecule has 0 saturated carbocycles. The number of morpholine rings is 1. The van der Waals surface area contributed by atoms with Crippen molar-refractivity contribution in [2.45, 2.75) is 43.9 Å². The van der Waals surface area contributed by atoms with E-state index in [1.54, 1.807) is 7.11 Å². The molecule has 0 aromatic heterocycles. The summed E-state index contributed by atoms with van der Waals surface area (Å²) in [5.41, 5.74) is 7.19. The Morgan fingerprint density at radius 1 is 1.22 bits per heavy atom. The Bertz CT molecular complexity index is 664. The van der Waals surface area contributed by atoms with Crippen LogP contribution in [-0.2, 0) is 9.53 Å². The summed E-state index contributed by atoms with van der Waals surface area (Å²) in [7, 11) is 1.68.